The molecule has 1 aromatic heterocycles. The van der Waals surface area contributed by atoms with Crippen LogP contribution in [0.1, 0.15) is 27.9 Å². The molecule has 0 unspecified atom stereocenters. The summed E-state index contributed by atoms with van der Waals surface area (Å²) in [6.07, 6.45) is 0. The number of hydrogen-bond acceptors (Lipinski definition) is 4. The van der Waals surface area contributed by atoms with Gasteiger partial charge in [-0.2, -0.15) is 5.10 Å². The van der Waals surface area contributed by atoms with Crippen molar-refractivity contribution in [2.45, 2.75) is 38.4 Å². The largest absolute Gasteiger partial charge is 0.308 e. The van der Waals surface area contributed by atoms with Crippen LogP contribution in [-0.2, 0) is 29.7 Å². The van der Waals surface area contributed by atoms with E-state index in [0.29, 0.717) is 24.8 Å². The van der Waals surface area contributed by atoms with Crippen molar-refractivity contribution < 1.29 is 8.42 Å². The first-order valence-electron chi connectivity index (χ1n) is 9.30. The van der Waals surface area contributed by atoms with Gasteiger partial charge in [-0.05, 0) is 44.2 Å². The van der Waals surface area contributed by atoms with E-state index in [1.165, 1.54) is 12.6 Å². The van der Waals surface area contributed by atoms with Gasteiger partial charge >= 0.3 is 0 Å². The molecule has 0 fully saturated rings. The fourth-order valence-electron chi connectivity index (χ4n) is 3.03. The number of aryl methyl sites for hydroxylation is 2. The summed E-state index contributed by atoms with van der Waals surface area (Å²) in [6, 6.07) is 15.2. The van der Waals surface area contributed by atoms with Crippen molar-refractivity contribution in [1.82, 2.24) is 19.8 Å². The van der Waals surface area contributed by atoms with Crippen molar-refractivity contribution in [1.29, 1.82) is 0 Å². The molecule has 0 bridgehead atoms. The zero-order chi connectivity index (χ0) is 21.0. The lowest BCUT2D eigenvalue weighted by atomic mass is 10.1. The monoisotopic (exact) mass is 432 g/mol. The number of benzene rings is 2. The molecule has 0 saturated carbocycles. The lowest BCUT2D eigenvalue weighted by Crippen LogP contribution is -2.19. The first-order valence-corrected chi connectivity index (χ1v) is 11.2. The van der Waals surface area contributed by atoms with Crippen LogP contribution in [0.25, 0.3) is 0 Å². The number of aromatic nitrogens is 2. The van der Waals surface area contributed by atoms with E-state index in [9.17, 15) is 8.42 Å². The topological polar surface area (TPSA) is 76.0 Å². The molecular formula is C21H25ClN4O2S. The first-order chi connectivity index (χ1) is 13.8. The predicted octanol–water partition coefficient (Wildman–Crippen LogP) is 3.40. The van der Waals surface area contributed by atoms with Gasteiger partial charge in [0.1, 0.15) is 5.15 Å². The SMILES string of the molecule is CNS(=O)(=O)c1cccc(CNCc2c(C)nn(Cc3ccc(C)cc3)c2Cl)c1. The third kappa shape index (κ3) is 5.25. The van der Waals surface area contributed by atoms with Gasteiger partial charge in [0.2, 0.25) is 10.0 Å². The Morgan fingerprint density at radius 3 is 2.45 bits per heavy atom. The van der Waals surface area contributed by atoms with Crippen LogP contribution in [0.3, 0.4) is 0 Å². The van der Waals surface area contributed by atoms with Crippen LogP contribution in [0, 0.1) is 13.8 Å². The van der Waals surface area contributed by atoms with Gasteiger partial charge in [0.05, 0.1) is 17.1 Å². The summed E-state index contributed by atoms with van der Waals surface area (Å²) < 4.78 is 28.0. The number of halogens is 1. The minimum Gasteiger partial charge on any atom is -0.308 e. The van der Waals surface area contributed by atoms with Crippen LogP contribution >= 0.6 is 11.6 Å². The van der Waals surface area contributed by atoms with Gasteiger partial charge < -0.3 is 5.32 Å². The molecule has 0 saturated heterocycles. The number of nitrogens with zero attached hydrogens (tertiary/aromatic N) is 2. The van der Waals surface area contributed by atoms with Gasteiger partial charge in [0.15, 0.2) is 0 Å². The standard InChI is InChI=1S/C21H25ClN4O2S/c1-15-7-9-17(10-8-15)14-26-21(22)20(16(2)25-26)13-24-12-18-5-4-6-19(11-18)29(27,28)23-3/h4-11,23-24H,12-14H2,1-3H3. The fraction of sp³-hybridized carbons (Fsp3) is 0.286. The highest BCUT2D eigenvalue weighted by atomic mass is 35.5. The summed E-state index contributed by atoms with van der Waals surface area (Å²) in [5.41, 5.74) is 5.05. The Bertz CT molecular complexity index is 1090. The minimum atomic E-state index is -3.45. The lowest BCUT2D eigenvalue weighted by molar-refractivity contribution is 0.588. The summed E-state index contributed by atoms with van der Waals surface area (Å²) in [4.78, 5) is 0.249. The van der Waals surface area contributed by atoms with Crippen LogP contribution < -0.4 is 10.0 Å². The van der Waals surface area contributed by atoms with Crippen molar-refractivity contribution >= 4 is 21.6 Å². The Labute approximate surface area is 177 Å². The summed E-state index contributed by atoms with van der Waals surface area (Å²) in [5, 5.41) is 8.51. The zero-order valence-electron chi connectivity index (χ0n) is 16.7. The fourth-order valence-corrected chi connectivity index (χ4v) is 4.14. The Morgan fingerprint density at radius 2 is 1.76 bits per heavy atom. The van der Waals surface area contributed by atoms with Crippen molar-refractivity contribution in [3.8, 4) is 0 Å². The number of nitrogens with one attached hydrogen (secondary N) is 2. The van der Waals surface area contributed by atoms with Gasteiger partial charge in [-0.15, -0.1) is 0 Å². The van der Waals surface area contributed by atoms with E-state index in [2.05, 4.69) is 46.3 Å². The van der Waals surface area contributed by atoms with Crippen LogP contribution in [0.5, 0.6) is 0 Å². The average Bonchev–Trinajstić information content (AvgIpc) is 2.97. The summed E-state index contributed by atoms with van der Waals surface area (Å²) in [5.74, 6) is 0. The molecule has 8 heteroatoms. The second kappa shape index (κ2) is 9.09. The molecule has 1 heterocycles. The Balaban J connectivity index is 1.66. The third-order valence-electron chi connectivity index (χ3n) is 4.74. The molecule has 154 valence electrons. The Morgan fingerprint density at radius 1 is 1.03 bits per heavy atom. The van der Waals surface area contributed by atoms with Crippen molar-refractivity contribution in [2.24, 2.45) is 0 Å². The van der Waals surface area contributed by atoms with E-state index < -0.39 is 10.0 Å². The van der Waals surface area contributed by atoms with Crippen LogP contribution in [0.4, 0.5) is 0 Å². The first kappa shape index (κ1) is 21.5. The van der Waals surface area contributed by atoms with Crippen LogP contribution in [0.2, 0.25) is 5.15 Å². The van der Waals surface area contributed by atoms with Crippen LogP contribution in [-0.4, -0.2) is 25.2 Å². The quantitative estimate of drug-likeness (QED) is 0.572. The highest BCUT2D eigenvalue weighted by Crippen LogP contribution is 2.21. The summed E-state index contributed by atoms with van der Waals surface area (Å²) >= 11 is 6.57. The van der Waals surface area contributed by atoms with Gasteiger partial charge in [0, 0.05) is 18.7 Å². The molecule has 2 aromatic carbocycles. The maximum absolute atomic E-state index is 11.9. The normalized spacial score (nSPS) is 11.7. The average molecular weight is 433 g/mol. The van der Waals surface area contributed by atoms with E-state index in [1.807, 2.05) is 13.0 Å². The summed E-state index contributed by atoms with van der Waals surface area (Å²) in [7, 11) is -2.05. The van der Waals surface area contributed by atoms with Crippen molar-refractivity contribution in [3.05, 3.63) is 81.6 Å². The van der Waals surface area contributed by atoms with Gasteiger partial charge in [-0.25, -0.2) is 17.8 Å². The lowest BCUT2D eigenvalue weighted by Gasteiger charge is -2.08. The molecule has 0 atom stereocenters. The molecule has 6 nitrogen and oxygen atoms in total. The van der Waals surface area contributed by atoms with Gasteiger partial charge in [0.25, 0.3) is 0 Å². The van der Waals surface area contributed by atoms with E-state index in [0.717, 1.165) is 22.4 Å². The molecule has 0 aliphatic rings. The molecule has 0 spiro atoms. The highest BCUT2D eigenvalue weighted by molar-refractivity contribution is 7.89. The molecular weight excluding hydrogens is 408 g/mol. The minimum absolute atomic E-state index is 0.249. The Hall–Kier alpha value is -2.19. The molecule has 3 aromatic rings. The van der Waals surface area contributed by atoms with Gasteiger partial charge in [-0.1, -0.05) is 53.6 Å². The van der Waals surface area contributed by atoms with E-state index in [-0.39, 0.29) is 4.90 Å². The maximum Gasteiger partial charge on any atom is 0.240 e. The maximum atomic E-state index is 11.9. The predicted molar refractivity (Wildman–Crippen MR) is 115 cm³/mol. The second-order valence-electron chi connectivity index (χ2n) is 6.96. The molecule has 0 amide bonds. The zero-order valence-corrected chi connectivity index (χ0v) is 18.3. The smallest absolute Gasteiger partial charge is 0.240 e. The second-order valence-corrected chi connectivity index (χ2v) is 9.20. The molecule has 3 rings (SSSR count). The van der Waals surface area contributed by atoms with E-state index >= 15 is 0 Å². The van der Waals surface area contributed by atoms with Gasteiger partial charge in [-0.3, -0.25) is 0 Å². The molecule has 0 aliphatic heterocycles. The number of rotatable bonds is 8. The van der Waals surface area contributed by atoms with Crippen molar-refractivity contribution in [3.63, 3.8) is 0 Å². The van der Waals surface area contributed by atoms with E-state index in [1.54, 1.807) is 22.9 Å². The van der Waals surface area contributed by atoms with E-state index in [4.69, 9.17) is 11.6 Å². The molecule has 0 aliphatic carbocycles. The molecule has 29 heavy (non-hydrogen) atoms. The van der Waals surface area contributed by atoms with Crippen molar-refractivity contribution in [2.75, 3.05) is 7.05 Å². The number of hydrogen-bond donors (Lipinski definition) is 2. The van der Waals surface area contributed by atoms with Crippen LogP contribution in [0.15, 0.2) is 53.4 Å². The summed E-state index contributed by atoms with van der Waals surface area (Å²) in [6.45, 7) is 5.68. The Kier molecular flexibility index (Phi) is 6.74. The molecule has 2 N–H and O–H groups in total. The third-order valence-corrected chi connectivity index (χ3v) is 6.58. The number of sulfonamides is 1. The highest BCUT2D eigenvalue weighted by Gasteiger charge is 2.14. The molecule has 0 radical (unpaired) electrons.